The van der Waals surface area contributed by atoms with E-state index >= 15 is 0 Å². The first kappa shape index (κ1) is 15.1. The van der Waals surface area contributed by atoms with Gasteiger partial charge in [-0.3, -0.25) is 0 Å². The standard InChI is InChI=1S/C16H21N3O2/c1-5-17-15-11(3)16(19-12(4)18-15)21-14-9-7-8-13(10-14)20-6-2/h7-10H,5-6H2,1-4H3,(H,17,18,19). The molecule has 0 unspecified atom stereocenters. The summed E-state index contributed by atoms with van der Waals surface area (Å²) >= 11 is 0. The van der Waals surface area contributed by atoms with Crippen LogP contribution in [0.25, 0.3) is 0 Å². The average Bonchev–Trinajstić information content (AvgIpc) is 2.45. The SMILES string of the molecule is CCNc1nc(C)nc(Oc2cccc(OCC)c2)c1C. The van der Waals surface area contributed by atoms with E-state index in [-0.39, 0.29) is 0 Å². The minimum absolute atomic E-state index is 0.562. The molecule has 0 aliphatic rings. The highest BCUT2D eigenvalue weighted by Crippen LogP contribution is 2.29. The summed E-state index contributed by atoms with van der Waals surface area (Å²) in [5, 5.41) is 3.22. The zero-order valence-electron chi connectivity index (χ0n) is 12.9. The molecule has 21 heavy (non-hydrogen) atoms. The molecule has 0 saturated heterocycles. The smallest absolute Gasteiger partial charge is 0.227 e. The van der Waals surface area contributed by atoms with Gasteiger partial charge < -0.3 is 14.8 Å². The van der Waals surface area contributed by atoms with E-state index in [4.69, 9.17) is 9.47 Å². The normalized spacial score (nSPS) is 10.3. The fourth-order valence-electron chi connectivity index (χ4n) is 1.95. The molecule has 1 aromatic carbocycles. The molecule has 1 N–H and O–H groups in total. The third-order valence-electron chi connectivity index (χ3n) is 2.89. The van der Waals surface area contributed by atoms with E-state index in [1.807, 2.05) is 52.0 Å². The summed E-state index contributed by atoms with van der Waals surface area (Å²) in [4.78, 5) is 8.76. The Morgan fingerprint density at radius 3 is 2.57 bits per heavy atom. The fraction of sp³-hybridized carbons (Fsp3) is 0.375. The first-order valence-corrected chi connectivity index (χ1v) is 7.13. The lowest BCUT2D eigenvalue weighted by Crippen LogP contribution is -2.06. The van der Waals surface area contributed by atoms with Crippen LogP contribution in [-0.4, -0.2) is 23.1 Å². The van der Waals surface area contributed by atoms with Crippen LogP contribution in [0.15, 0.2) is 24.3 Å². The molecule has 0 atom stereocenters. The molecule has 0 aliphatic carbocycles. The topological polar surface area (TPSA) is 56.3 Å². The summed E-state index contributed by atoms with van der Waals surface area (Å²) in [6.45, 7) is 9.20. The molecule has 0 aliphatic heterocycles. The van der Waals surface area contributed by atoms with E-state index in [1.54, 1.807) is 0 Å². The molecule has 0 bridgehead atoms. The Bertz CT molecular complexity index is 614. The van der Waals surface area contributed by atoms with Crippen LogP contribution in [0.1, 0.15) is 25.2 Å². The minimum Gasteiger partial charge on any atom is -0.494 e. The van der Waals surface area contributed by atoms with E-state index in [0.29, 0.717) is 24.1 Å². The Kier molecular flexibility index (Phi) is 4.98. The first-order valence-electron chi connectivity index (χ1n) is 7.13. The molecule has 112 valence electrons. The molecule has 1 heterocycles. The van der Waals surface area contributed by atoms with Crippen molar-refractivity contribution in [2.24, 2.45) is 0 Å². The molecule has 0 amide bonds. The zero-order valence-corrected chi connectivity index (χ0v) is 12.9. The maximum absolute atomic E-state index is 5.89. The van der Waals surface area contributed by atoms with Crippen molar-refractivity contribution in [1.29, 1.82) is 0 Å². The number of benzene rings is 1. The number of hydrogen-bond donors (Lipinski definition) is 1. The van der Waals surface area contributed by atoms with Crippen LogP contribution in [0.3, 0.4) is 0 Å². The molecule has 5 heteroatoms. The highest BCUT2D eigenvalue weighted by molar-refractivity contribution is 5.49. The summed E-state index contributed by atoms with van der Waals surface area (Å²) in [5.41, 5.74) is 0.893. The predicted molar refractivity (Wildman–Crippen MR) is 83.4 cm³/mol. The second-order valence-electron chi connectivity index (χ2n) is 4.59. The lowest BCUT2D eigenvalue weighted by Gasteiger charge is -2.13. The van der Waals surface area contributed by atoms with Crippen molar-refractivity contribution >= 4 is 5.82 Å². The Balaban J connectivity index is 2.28. The van der Waals surface area contributed by atoms with Gasteiger partial charge in [-0.05, 0) is 39.8 Å². The van der Waals surface area contributed by atoms with Gasteiger partial charge in [0.25, 0.3) is 0 Å². The Labute approximate surface area is 125 Å². The third kappa shape index (κ3) is 3.84. The highest BCUT2D eigenvalue weighted by atomic mass is 16.5. The van der Waals surface area contributed by atoms with Gasteiger partial charge in [-0.25, -0.2) is 4.98 Å². The number of anilines is 1. The van der Waals surface area contributed by atoms with Crippen LogP contribution in [0, 0.1) is 13.8 Å². The van der Waals surface area contributed by atoms with E-state index in [9.17, 15) is 0 Å². The molecule has 0 fully saturated rings. The highest BCUT2D eigenvalue weighted by Gasteiger charge is 2.11. The van der Waals surface area contributed by atoms with Crippen LogP contribution in [0.4, 0.5) is 5.82 Å². The van der Waals surface area contributed by atoms with Crippen LogP contribution in [0.5, 0.6) is 17.4 Å². The Morgan fingerprint density at radius 2 is 1.86 bits per heavy atom. The summed E-state index contributed by atoms with van der Waals surface area (Å²) in [6.07, 6.45) is 0. The number of aryl methyl sites for hydroxylation is 1. The summed E-state index contributed by atoms with van der Waals surface area (Å²) < 4.78 is 11.4. The Hall–Kier alpha value is -2.30. The molecule has 1 aromatic heterocycles. The monoisotopic (exact) mass is 287 g/mol. The molecule has 2 aromatic rings. The quantitative estimate of drug-likeness (QED) is 0.877. The van der Waals surface area contributed by atoms with Gasteiger partial charge in [0, 0.05) is 12.6 Å². The second-order valence-corrected chi connectivity index (χ2v) is 4.59. The van der Waals surface area contributed by atoms with E-state index < -0.39 is 0 Å². The number of nitrogens with one attached hydrogen (secondary N) is 1. The van der Waals surface area contributed by atoms with E-state index in [2.05, 4.69) is 15.3 Å². The molecule has 2 rings (SSSR count). The average molecular weight is 287 g/mol. The maximum Gasteiger partial charge on any atom is 0.227 e. The molecule has 0 saturated carbocycles. The third-order valence-corrected chi connectivity index (χ3v) is 2.89. The van der Waals surface area contributed by atoms with E-state index in [0.717, 1.165) is 23.7 Å². The largest absolute Gasteiger partial charge is 0.494 e. The van der Waals surface area contributed by atoms with Gasteiger partial charge in [0.05, 0.1) is 12.2 Å². The number of rotatable bonds is 6. The van der Waals surface area contributed by atoms with Crippen LogP contribution in [-0.2, 0) is 0 Å². The van der Waals surface area contributed by atoms with Crippen LogP contribution in [0.2, 0.25) is 0 Å². The van der Waals surface area contributed by atoms with Crippen molar-refractivity contribution in [2.75, 3.05) is 18.5 Å². The maximum atomic E-state index is 5.89. The molecule has 0 radical (unpaired) electrons. The second kappa shape index (κ2) is 6.92. The fourth-order valence-corrected chi connectivity index (χ4v) is 1.95. The van der Waals surface area contributed by atoms with Crippen molar-refractivity contribution in [3.05, 3.63) is 35.7 Å². The summed E-state index contributed by atoms with van der Waals surface area (Å²) in [5.74, 6) is 3.52. The zero-order chi connectivity index (χ0) is 15.2. The minimum atomic E-state index is 0.562. The van der Waals surface area contributed by atoms with Crippen molar-refractivity contribution in [2.45, 2.75) is 27.7 Å². The van der Waals surface area contributed by atoms with Gasteiger partial charge in [-0.15, -0.1) is 0 Å². The van der Waals surface area contributed by atoms with Crippen molar-refractivity contribution < 1.29 is 9.47 Å². The summed E-state index contributed by atoms with van der Waals surface area (Å²) in [7, 11) is 0. The number of nitrogens with zero attached hydrogens (tertiary/aromatic N) is 2. The first-order chi connectivity index (χ1) is 10.1. The van der Waals surface area contributed by atoms with Gasteiger partial charge >= 0.3 is 0 Å². The molecule has 0 spiro atoms. The molecular formula is C16H21N3O2. The van der Waals surface area contributed by atoms with Gasteiger partial charge in [0.2, 0.25) is 5.88 Å². The molecular weight excluding hydrogens is 266 g/mol. The predicted octanol–water partition coefficient (Wildman–Crippen LogP) is 3.72. The van der Waals surface area contributed by atoms with Crippen molar-refractivity contribution in [3.63, 3.8) is 0 Å². The van der Waals surface area contributed by atoms with Gasteiger partial charge in [-0.1, -0.05) is 6.07 Å². The van der Waals surface area contributed by atoms with Crippen LogP contribution < -0.4 is 14.8 Å². The lowest BCUT2D eigenvalue weighted by molar-refractivity contribution is 0.338. The summed E-state index contributed by atoms with van der Waals surface area (Å²) in [6, 6.07) is 7.53. The van der Waals surface area contributed by atoms with Gasteiger partial charge in [-0.2, -0.15) is 4.98 Å². The van der Waals surface area contributed by atoms with Crippen LogP contribution >= 0.6 is 0 Å². The Morgan fingerprint density at radius 1 is 1.10 bits per heavy atom. The van der Waals surface area contributed by atoms with Crippen molar-refractivity contribution in [1.82, 2.24) is 9.97 Å². The van der Waals surface area contributed by atoms with E-state index in [1.165, 1.54) is 0 Å². The number of hydrogen-bond acceptors (Lipinski definition) is 5. The van der Waals surface area contributed by atoms with Gasteiger partial charge in [0.1, 0.15) is 23.1 Å². The lowest BCUT2D eigenvalue weighted by atomic mass is 10.3. The van der Waals surface area contributed by atoms with Crippen molar-refractivity contribution in [3.8, 4) is 17.4 Å². The molecule has 5 nitrogen and oxygen atoms in total. The number of ether oxygens (including phenoxy) is 2. The van der Waals surface area contributed by atoms with Gasteiger partial charge in [0.15, 0.2) is 0 Å². The number of aromatic nitrogens is 2.